The standard InChI is InChI=1S/C31H60FNO4/c1-4-7-9-10-11-12-13-14-15-16-17-18-19-22-26-37-30(36)33-25-21-20-24-31(6-3,29(34)35)27-28(32)23-8-5-2/h28H,4-27H2,1-3H3,(H,33,36)(H,34,35). The quantitative estimate of drug-likeness (QED) is 0.104. The molecule has 0 aliphatic heterocycles. The van der Waals surface area contributed by atoms with E-state index >= 15 is 0 Å². The lowest BCUT2D eigenvalue weighted by Crippen LogP contribution is -2.34. The van der Waals surface area contributed by atoms with Gasteiger partial charge < -0.3 is 15.2 Å². The molecule has 0 rings (SSSR count). The van der Waals surface area contributed by atoms with E-state index in [4.69, 9.17) is 4.74 Å². The lowest BCUT2D eigenvalue weighted by molar-refractivity contribution is -0.151. The first kappa shape index (κ1) is 35.7. The van der Waals surface area contributed by atoms with Gasteiger partial charge in [-0.2, -0.15) is 0 Å². The van der Waals surface area contributed by atoms with Crippen molar-refractivity contribution in [2.75, 3.05) is 13.2 Å². The highest BCUT2D eigenvalue weighted by atomic mass is 19.1. The minimum atomic E-state index is -1.07. The SMILES string of the molecule is CCCCCCCCCCCCCCCCOC(=O)NCCCCC(CC)(CC(F)CCCC)C(=O)O. The second-order valence-electron chi connectivity index (χ2n) is 11.0. The number of alkyl carbamates (subject to hydrolysis) is 1. The third-order valence-corrected chi connectivity index (χ3v) is 7.70. The van der Waals surface area contributed by atoms with Crippen LogP contribution in [0, 0.1) is 5.41 Å². The topological polar surface area (TPSA) is 75.6 Å². The van der Waals surface area contributed by atoms with Crippen LogP contribution in [0.1, 0.15) is 162 Å². The predicted molar refractivity (Wildman–Crippen MR) is 153 cm³/mol. The van der Waals surface area contributed by atoms with Gasteiger partial charge in [0, 0.05) is 6.54 Å². The number of ether oxygens (including phenoxy) is 1. The van der Waals surface area contributed by atoms with E-state index in [0.29, 0.717) is 45.3 Å². The Morgan fingerprint density at radius 3 is 1.76 bits per heavy atom. The molecule has 0 aliphatic carbocycles. The lowest BCUT2D eigenvalue weighted by atomic mass is 9.75. The van der Waals surface area contributed by atoms with E-state index < -0.39 is 23.6 Å². The minimum Gasteiger partial charge on any atom is -0.481 e. The molecular formula is C31H60FNO4. The number of hydrogen-bond donors (Lipinski definition) is 2. The fourth-order valence-corrected chi connectivity index (χ4v) is 5.01. The zero-order valence-corrected chi connectivity index (χ0v) is 24.6. The zero-order chi connectivity index (χ0) is 27.6. The number of rotatable bonds is 27. The van der Waals surface area contributed by atoms with Crippen molar-refractivity contribution >= 4 is 12.1 Å². The van der Waals surface area contributed by atoms with Crippen LogP contribution in [-0.4, -0.2) is 36.5 Å². The number of carboxylic acid groups (broad SMARTS) is 1. The number of amides is 1. The van der Waals surface area contributed by atoms with Crippen molar-refractivity contribution in [3.63, 3.8) is 0 Å². The molecule has 2 N–H and O–H groups in total. The van der Waals surface area contributed by atoms with Gasteiger partial charge in [-0.05, 0) is 38.5 Å². The molecule has 0 aromatic rings. The van der Waals surface area contributed by atoms with Crippen molar-refractivity contribution in [1.29, 1.82) is 0 Å². The average Bonchev–Trinajstić information content (AvgIpc) is 2.88. The summed E-state index contributed by atoms with van der Waals surface area (Å²) >= 11 is 0. The molecule has 6 heteroatoms. The third kappa shape index (κ3) is 20.3. The molecule has 0 spiro atoms. The van der Waals surface area contributed by atoms with E-state index in [1.165, 1.54) is 77.0 Å². The van der Waals surface area contributed by atoms with Crippen molar-refractivity contribution in [1.82, 2.24) is 5.32 Å². The van der Waals surface area contributed by atoms with Crippen LogP contribution >= 0.6 is 0 Å². The Balaban J connectivity index is 3.69. The summed E-state index contributed by atoms with van der Waals surface area (Å²) in [6.45, 7) is 6.99. The first-order valence-corrected chi connectivity index (χ1v) is 15.7. The van der Waals surface area contributed by atoms with Gasteiger partial charge in [0.1, 0.15) is 6.17 Å². The van der Waals surface area contributed by atoms with E-state index in [-0.39, 0.29) is 6.42 Å². The van der Waals surface area contributed by atoms with E-state index in [1.54, 1.807) is 0 Å². The summed E-state index contributed by atoms with van der Waals surface area (Å²) in [5.74, 6) is -0.908. The summed E-state index contributed by atoms with van der Waals surface area (Å²) in [6.07, 6.45) is 21.0. The highest BCUT2D eigenvalue weighted by Crippen LogP contribution is 2.36. The number of carbonyl (C=O) groups is 2. The van der Waals surface area contributed by atoms with E-state index in [2.05, 4.69) is 12.2 Å². The van der Waals surface area contributed by atoms with Crippen LogP contribution in [0.3, 0.4) is 0 Å². The first-order valence-electron chi connectivity index (χ1n) is 15.7. The van der Waals surface area contributed by atoms with Crippen molar-refractivity contribution in [2.24, 2.45) is 5.41 Å². The van der Waals surface area contributed by atoms with Crippen LogP contribution in [0.5, 0.6) is 0 Å². The van der Waals surface area contributed by atoms with Crippen LogP contribution in [0.25, 0.3) is 0 Å². The van der Waals surface area contributed by atoms with Gasteiger partial charge in [0.15, 0.2) is 0 Å². The predicted octanol–water partition coefficient (Wildman–Crippen LogP) is 9.76. The molecule has 2 atom stereocenters. The normalized spacial score (nSPS) is 13.7. The summed E-state index contributed by atoms with van der Waals surface area (Å²) in [7, 11) is 0. The van der Waals surface area contributed by atoms with Crippen LogP contribution in [-0.2, 0) is 9.53 Å². The number of unbranched alkanes of at least 4 members (excludes halogenated alkanes) is 15. The molecule has 37 heavy (non-hydrogen) atoms. The van der Waals surface area contributed by atoms with E-state index in [0.717, 1.165) is 25.7 Å². The molecule has 1 amide bonds. The Bertz CT molecular complexity index is 545. The number of alkyl halides is 1. The van der Waals surface area contributed by atoms with Crippen molar-refractivity contribution < 1.29 is 23.8 Å². The monoisotopic (exact) mass is 529 g/mol. The van der Waals surface area contributed by atoms with Crippen molar-refractivity contribution in [3.8, 4) is 0 Å². The fourth-order valence-electron chi connectivity index (χ4n) is 5.01. The number of aliphatic carboxylic acids is 1. The molecule has 0 aromatic heterocycles. The van der Waals surface area contributed by atoms with Crippen molar-refractivity contribution in [2.45, 2.75) is 168 Å². The van der Waals surface area contributed by atoms with Crippen molar-refractivity contribution in [3.05, 3.63) is 0 Å². The second-order valence-corrected chi connectivity index (χ2v) is 11.0. The van der Waals surface area contributed by atoms with Crippen LogP contribution in [0.2, 0.25) is 0 Å². The maximum Gasteiger partial charge on any atom is 0.407 e. The van der Waals surface area contributed by atoms with Gasteiger partial charge in [0.05, 0.1) is 12.0 Å². The molecule has 0 saturated heterocycles. The Morgan fingerprint density at radius 2 is 1.27 bits per heavy atom. The number of halogens is 1. The molecule has 0 bridgehead atoms. The summed E-state index contributed by atoms with van der Waals surface area (Å²) in [4.78, 5) is 23.8. The average molecular weight is 530 g/mol. The Hall–Kier alpha value is -1.33. The van der Waals surface area contributed by atoms with Crippen LogP contribution < -0.4 is 5.32 Å². The largest absolute Gasteiger partial charge is 0.481 e. The molecular weight excluding hydrogens is 469 g/mol. The zero-order valence-electron chi connectivity index (χ0n) is 24.6. The smallest absolute Gasteiger partial charge is 0.407 e. The highest BCUT2D eigenvalue weighted by Gasteiger charge is 2.38. The Morgan fingerprint density at radius 1 is 0.757 bits per heavy atom. The second kappa shape index (κ2) is 25.0. The summed E-state index contributed by atoms with van der Waals surface area (Å²) < 4.78 is 19.6. The maximum atomic E-state index is 14.3. The maximum absolute atomic E-state index is 14.3. The summed E-state index contributed by atoms with van der Waals surface area (Å²) in [6, 6.07) is 0. The lowest BCUT2D eigenvalue weighted by Gasteiger charge is -2.29. The molecule has 5 nitrogen and oxygen atoms in total. The Labute approximate surface area is 228 Å². The highest BCUT2D eigenvalue weighted by molar-refractivity contribution is 5.74. The molecule has 0 radical (unpaired) electrons. The van der Waals surface area contributed by atoms with E-state index in [9.17, 15) is 19.1 Å². The van der Waals surface area contributed by atoms with Gasteiger partial charge in [-0.15, -0.1) is 0 Å². The summed E-state index contributed by atoms with van der Waals surface area (Å²) in [5.41, 5.74) is -1.01. The van der Waals surface area contributed by atoms with Gasteiger partial charge in [-0.1, -0.05) is 124 Å². The molecule has 220 valence electrons. The van der Waals surface area contributed by atoms with Crippen LogP contribution in [0.15, 0.2) is 0 Å². The number of hydrogen-bond acceptors (Lipinski definition) is 3. The Kier molecular flexibility index (Phi) is 24.1. The van der Waals surface area contributed by atoms with Gasteiger partial charge in [0.25, 0.3) is 0 Å². The molecule has 2 unspecified atom stereocenters. The number of carbonyl (C=O) groups excluding carboxylic acids is 1. The molecule has 0 aliphatic rings. The minimum absolute atomic E-state index is 0.0769. The van der Waals surface area contributed by atoms with Gasteiger partial charge >= 0.3 is 12.1 Å². The molecule has 0 fully saturated rings. The van der Waals surface area contributed by atoms with Gasteiger partial charge in [0.2, 0.25) is 0 Å². The third-order valence-electron chi connectivity index (χ3n) is 7.70. The van der Waals surface area contributed by atoms with E-state index in [1.807, 2.05) is 13.8 Å². The number of nitrogens with one attached hydrogen (secondary N) is 1. The molecule has 0 heterocycles. The fraction of sp³-hybridized carbons (Fsp3) is 0.935. The summed E-state index contributed by atoms with van der Waals surface area (Å²) in [5, 5.41) is 12.5. The van der Waals surface area contributed by atoms with Gasteiger partial charge in [-0.25, -0.2) is 9.18 Å². The van der Waals surface area contributed by atoms with Gasteiger partial charge in [-0.3, -0.25) is 4.79 Å². The molecule has 0 saturated carbocycles. The first-order chi connectivity index (χ1) is 17.9. The number of carboxylic acids is 1. The van der Waals surface area contributed by atoms with Crippen LogP contribution in [0.4, 0.5) is 9.18 Å². The molecule has 0 aromatic carbocycles.